The second kappa shape index (κ2) is 5.13. The first-order chi connectivity index (χ1) is 9.24. The van der Waals surface area contributed by atoms with E-state index < -0.39 is 6.61 Å². The summed E-state index contributed by atoms with van der Waals surface area (Å²) in [6.07, 6.45) is 2.33. The van der Waals surface area contributed by atoms with Crippen LogP contribution >= 0.6 is 0 Å². The molecule has 1 fully saturated rings. The number of halogens is 2. The summed E-state index contributed by atoms with van der Waals surface area (Å²) in [7, 11) is 0. The molecule has 0 heterocycles. The molecule has 0 spiro atoms. The van der Waals surface area contributed by atoms with E-state index in [-0.39, 0.29) is 5.75 Å². The number of fused-ring (bicyclic) bond motifs is 1. The lowest BCUT2D eigenvalue weighted by atomic mass is 10.0. The molecule has 100 valence electrons. The lowest BCUT2D eigenvalue weighted by Crippen LogP contribution is -2.17. The molecule has 3 rings (SSSR count). The molecule has 1 N–H and O–H groups in total. The van der Waals surface area contributed by atoms with E-state index in [1.807, 2.05) is 30.3 Å². The highest BCUT2D eigenvalue weighted by atomic mass is 19.3. The van der Waals surface area contributed by atoms with Crippen molar-refractivity contribution < 1.29 is 13.5 Å². The van der Waals surface area contributed by atoms with Gasteiger partial charge >= 0.3 is 6.61 Å². The van der Waals surface area contributed by atoms with Crippen molar-refractivity contribution in [3.8, 4) is 5.75 Å². The Balaban J connectivity index is 1.99. The third-order valence-corrected chi connectivity index (χ3v) is 3.36. The SMILES string of the molecule is FC(F)Oc1ccc2ccccc2c1CNC1CC1. The minimum absolute atomic E-state index is 0.266. The highest BCUT2D eigenvalue weighted by Crippen LogP contribution is 2.30. The van der Waals surface area contributed by atoms with E-state index in [0.717, 1.165) is 29.2 Å². The Kier molecular flexibility index (Phi) is 3.34. The molecule has 0 radical (unpaired) electrons. The van der Waals surface area contributed by atoms with E-state index in [4.69, 9.17) is 0 Å². The van der Waals surface area contributed by atoms with Crippen molar-refractivity contribution in [2.75, 3.05) is 0 Å². The van der Waals surface area contributed by atoms with Gasteiger partial charge in [0.25, 0.3) is 0 Å². The van der Waals surface area contributed by atoms with Crippen LogP contribution in [0.4, 0.5) is 8.78 Å². The summed E-state index contributed by atoms with van der Waals surface area (Å²) in [5.74, 6) is 0.266. The summed E-state index contributed by atoms with van der Waals surface area (Å²) in [6, 6.07) is 11.7. The topological polar surface area (TPSA) is 21.3 Å². The fourth-order valence-corrected chi connectivity index (χ4v) is 2.24. The molecule has 0 aliphatic heterocycles. The summed E-state index contributed by atoms with van der Waals surface area (Å²) in [6.45, 7) is -2.23. The monoisotopic (exact) mass is 263 g/mol. The van der Waals surface area contributed by atoms with Crippen molar-refractivity contribution in [1.82, 2.24) is 5.32 Å². The van der Waals surface area contributed by atoms with E-state index in [9.17, 15) is 8.78 Å². The van der Waals surface area contributed by atoms with Crippen molar-refractivity contribution in [1.29, 1.82) is 0 Å². The Labute approximate surface area is 110 Å². The standard InChI is InChI=1S/C15H15F2NO/c16-15(17)19-14-8-5-10-3-1-2-4-12(10)13(14)9-18-11-6-7-11/h1-5,8,11,15,18H,6-7,9H2. The summed E-state index contributed by atoms with van der Waals surface area (Å²) in [5, 5.41) is 5.36. The van der Waals surface area contributed by atoms with Crippen LogP contribution in [0.1, 0.15) is 18.4 Å². The van der Waals surface area contributed by atoms with Crippen LogP contribution in [-0.4, -0.2) is 12.7 Å². The minimum Gasteiger partial charge on any atom is -0.434 e. The van der Waals surface area contributed by atoms with Crippen LogP contribution in [0.5, 0.6) is 5.75 Å². The van der Waals surface area contributed by atoms with E-state index in [0.29, 0.717) is 12.6 Å². The quantitative estimate of drug-likeness (QED) is 0.888. The second-order valence-corrected chi connectivity index (χ2v) is 4.80. The van der Waals surface area contributed by atoms with E-state index >= 15 is 0 Å². The Bertz CT molecular complexity index is 581. The first-order valence-corrected chi connectivity index (χ1v) is 6.43. The molecular formula is C15H15F2NO. The van der Waals surface area contributed by atoms with Gasteiger partial charge in [-0.05, 0) is 29.7 Å². The van der Waals surface area contributed by atoms with Crippen molar-refractivity contribution in [2.45, 2.75) is 32.0 Å². The number of hydrogen-bond acceptors (Lipinski definition) is 2. The molecule has 0 saturated heterocycles. The van der Waals surface area contributed by atoms with Gasteiger partial charge < -0.3 is 10.1 Å². The molecule has 2 aromatic carbocycles. The van der Waals surface area contributed by atoms with Crippen LogP contribution in [-0.2, 0) is 6.54 Å². The maximum absolute atomic E-state index is 12.5. The van der Waals surface area contributed by atoms with Gasteiger partial charge in [0.2, 0.25) is 0 Å². The average molecular weight is 263 g/mol. The fourth-order valence-electron chi connectivity index (χ4n) is 2.24. The van der Waals surface area contributed by atoms with Gasteiger partial charge in [0, 0.05) is 18.2 Å². The minimum atomic E-state index is -2.79. The molecule has 0 aromatic heterocycles. The lowest BCUT2D eigenvalue weighted by molar-refractivity contribution is -0.0503. The highest BCUT2D eigenvalue weighted by Gasteiger charge is 2.21. The maximum atomic E-state index is 12.5. The van der Waals surface area contributed by atoms with Gasteiger partial charge in [-0.15, -0.1) is 0 Å². The summed E-state index contributed by atoms with van der Waals surface area (Å²) < 4.78 is 29.6. The molecule has 0 unspecified atom stereocenters. The average Bonchev–Trinajstić information content (AvgIpc) is 3.21. The highest BCUT2D eigenvalue weighted by molar-refractivity contribution is 5.87. The zero-order valence-corrected chi connectivity index (χ0v) is 10.4. The summed E-state index contributed by atoms with van der Waals surface area (Å²) in [4.78, 5) is 0. The molecule has 0 amide bonds. The summed E-state index contributed by atoms with van der Waals surface area (Å²) >= 11 is 0. The number of benzene rings is 2. The van der Waals surface area contributed by atoms with Crippen LogP contribution in [0.25, 0.3) is 10.8 Å². The summed E-state index contributed by atoms with van der Waals surface area (Å²) in [5.41, 5.74) is 0.810. The zero-order valence-electron chi connectivity index (χ0n) is 10.4. The molecule has 1 aliphatic carbocycles. The van der Waals surface area contributed by atoms with Crippen molar-refractivity contribution >= 4 is 10.8 Å². The second-order valence-electron chi connectivity index (χ2n) is 4.80. The number of ether oxygens (including phenoxy) is 1. The molecule has 0 bridgehead atoms. The first kappa shape index (κ1) is 12.4. The van der Waals surface area contributed by atoms with E-state index in [2.05, 4.69) is 10.1 Å². The van der Waals surface area contributed by atoms with Crippen LogP contribution in [0.15, 0.2) is 36.4 Å². The van der Waals surface area contributed by atoms with Crippen LogP contribution in [0, 0.1) is 0 Å². The third kappa shape index (κ3) is 2.84. The van der Waals surface area contributed by atoms with Gasteiger partial charge in [-0.2, -0.15) is 8.78 Å². The predicted octanol–water partition coefficient (Wildman–Crippen LogP) is 3.69. The molecule has 0 atom stereocenters. The number of alkyl halides is 2. The Morgan fingerprint density at radius 1 is 1.16 bits per heavy atom. The molecule has 2 nitrogen and oxygen atoms in total. The molecular weight excluding hydrogens is 248 g/mol. The van der Waals surface area contributed by atoms with Crippen LogP contribution in [0.2, 0.25) is 0 Å². The van der Waals surface area contributed by atoms with Crippen molar-refractivity contribution in [3.63, 3.8) is 0 Å². The first-order valence-electron chi connectivity index (χ1n) is 6.43. The molecule has 19 heavy (non-hydrogen) atoms. The number of hydrogen-bond donors (Lipinski definition) is 1. The fraction of sp³-hybridized carbons (Fsp3) is 0.333. The Morgan fingerprint density at radius 3 is 2.68 bits per heavy atom. The molecule has 1 aliphatic rings. The lowest BCUT2D eigenvalue weighted by Gasteiger charge is -2.14. The van der Waals surface area contributed by atoms with Gasteiger partial charge in [0.1, 0.15) is 5.75 Å². The van der Waals surface area contributed by atoms with Gasteiger partial charge in [-0.3, -0.25) is 0 Å². The van der Waals surface area contributed by atoms with Crippen molar-refractivity contribution in [3.05, 3.63) is 42.0 Å². The maximum Gasteiger partial charge on any atom is 0.387 e. The zero-order chi connectivity index (χ0) is 13.2. The normalized spacial score (nSPS) is 15.1. The molecule has 2 aromatic rings. The van der Waals surface area contributed by atoms with Crippen LogP contribution < -0.4 is 10.1 Å². The van der Waals surface area contributed by atoms with Crippen LogP contribution in [0.3, 0.4) is 0 Å². The third-order valence-electron chi connectivity index (χ3n) is 3.36. The Hall–Kier alpha value is -1.68. The molecule has 4 heteroatoms. The van der Waals surface area contributed by atoms with Gasteiger partial charge in [-0.25, -0.2) is 0 Å². The van der Waals surface area contributed by atoms with Gasteiger partial charge in [0.05, 0.1) is 0 Å². The molecule has 1 saturated carbocycles. The Morgan fingerprint density at radius 2 is 1.95 bits per heavy atom. The predicted molar refractivity (Wildman–Crippen MR) is 70.4 cm³/mol. The number of nitrogens with one attached hydrogen (secondary N) is 1. The van der Waals surface area contributed by atoms with E-state index in [1.165, 1.54) is 0 Å². The van der Waals surface area contributed by atoms with Crippen molar-refractivity contribution in [2.24, 2.45) is 0 Å². The van der Waals surface area contributed by atoms with Gasteiger partial charge in [-0.1, -0.05) is 30.3 Å². The smallest absolute Gasteiger partial charge is 0.387 e. The van der Waals surface area contributed by atoms with E-state index in [1.54, 1.807) is 6.07 Å². The largest absolute Gasteiger partial charge is 0.434 e. The number of rotatable bonds is 5. The van der Waals surface area contributed by atoms with Gasteiger partial charge in [0.15, 0.2) is 0 Å².